The molecule has 0 aromatic heterocycles. The topological polar surface area (TPSA) is 38.8 Å². The molecule has 4 fully saturated rings. The van der Waals surface area contributed by atoms with Gasteiger partial charge in [-0.25, -0.2) is 0 Å². The molecule has 136 valence electrons. The molecule has 2 saturated carbocycles. The number of fused-ring (bicyclic) bond motifs is 1. The third kappa shape index (κ3) is 2.21. The van der Waals surface area contributed by atoms with Crippen LogP contribution in [0.3, 0.4) is 0 Å². The third-order valence-corrected chi connectivity index (χ3v) is 7.61. The quantitative estimate of drug-likeness (QED) is 0.450. The van der Waals surface area contributed by atoms with Crippen molar-refractivity contribution in [3.05, 3.63) is 0 Å². The summed E-state index contributed by atoms with van der Waals surface area (Å²) >= 11 is 0. The van der Waals surface area contributed by atoms with E-state index in [0.29, 0.717) is 17.8 Å². The first kappa shape index (κ1) is 16.8. The molecule has 2 saturated heterocycles. The minimum absolute atomic E-state index is 0.0330. The molecule has 4 heteroatoms. The molecule has 0 bridgehead atoms. The fourth-order valence-electron chi connectivity index (χ4n) is 6.49. The number of hydrogen-bond acceptors (Lipinski definition) is 3. The van der Waals surface area contributed by atoms with Gasteiger partial charge in [-0.05, 0) is 44.9 Å². The summed E-state index contributed by atoms with van der Waals surface area (Å²) in [5, 5.41) is 0. The van der Waals surface area contributed by atoms with Gasteiger partial charge in [-0.15, -0.1) is 0 Å². The first-order chi connectivity index (χ1) is 11.2. The van der Waals surface area contributed by atoms with Gasteiger partial charge in [-0.3, -0.25) is 4.79 Å². The summed E-state index contributed by atoms with van der Waals surface area (Å²) in [5.41, 5.74) is -0.354. The number of rotatable bonds is 4. The molecule has 4 rings (SSSR count). The Morgan fingerprint density at radius 1 is 1.21 bits per heavy atom. The van der Waals surface area contributed by atoms with Crippen LogP contribution >= 0.6 is 0 Å². The Bertz CT molecular complexity index is 547. The lowest BCUT2D eigenvalue weighted by molar-refractivity contribution is -0.893. The van der Waals surface area contributed by atoms with Gasteiger partial charge in [0.2, 0.25) is 0 Å². The highest BCUT2D eigenvalue weighted by Crippen LogP contribution is 2.66. The van der Waals surface area contributed by atoms with Gasteiger partial charge < -0.3 is 14.0 Å². The smallest absolute Gasteiger partial charge is 0.315 e. The summed E-state index contributed by atoms with van der Waals surface area (Å²) in [7, 11) is 4.51. The van der Waals surface area contributed by atoms with Crippen molar-refractivity contribution in [3.63, 3.8) is 0 Å². The molecule has 24 heavy (non-hydrogen) atoms. The fourth-order valence-corrected chi connectivity index (χ4v) is 6.49. The molecule has 0 aromatic carbocycles. The van der Waals surface area contributed by atoms with Crippen LogP contribution in [-0.2, 0) is 14.3 Å². The number of carbonyl (C=O) groups is 1. The lowest BCUT2D eigenvalue weighted by atomic mass is 9.55. The van der Waals surface area contributed by atoms with Crippen molar-refractivity contribution in [2.24, 2.45) is 23.7 Å². The van der Waals surface area contributed by atoms with Crippen LogP contribution in [-0.4, -0.2) is 54.9 Å². The predicted molar refractivity (Wildman–Crippen MR) is 92.3 cm³/mol. The molecule has 4 aliphatic rings. The fraction of sp³-hybridized carbons (Fsp3) is 0.950. The molecule has 0 amide bonds. The molecule has 3 unspecified atom stereocenters. The molecular weight excluding hydrogens is 302 g/mol. The number of epoxide rings is 1. The van der Waals surface area contributed by atoms with Crippen LogP contribution in [0.1, 0.15) is 52.9 Å². The Hall–Kier alpha value is -0.610. The first-order valence-electron chi connectivity index (χ1n) is 9.96. The summed E-state index contributed by atoms with van der Waals surface area (Å²) in [6, 6.07) is 0. The molecule has 2 aliphatic heterocycles. The van der Waals surface area contributed by atoms with Gasteiger partial charge in [0.1, 0.15) is 17.6 Å². The summed E-state index contributed by atoms with van der Waals surface area (Å²) in [4.78, 5) is 13.0. The zero-order valence-electron chi connectivity index (χ0n) is 16.0. The second-order valence-electron chi connectivity index (χ2n) is 9.84. The van der Waals surface area contributed by atoms with Crippen molar-refractivity contribution < 1.29 is 18.8 Å². The highest BCUT2D eigenvalue weighted by molar-refractivity contribution is 5.77. The SMILES string of the molecule is CCC[N+](C)(C)CC1C(=O)O[C@@]23C1CC[C@H](C)C2CC[C@@]1(C)O[C@@H]31. The van der Waals surface area contributed by atoms with Crippen molar-refractivity contribution >= 4 is 5.97 Å². The predicted octanol–water partition coefficient (Wildman–Crippen LogP) is 3.00. The molecule has 1 spiro atoms. The van der Waals surface area contributed by atoms with Crippen molar-refractivity contribution in [2.75, 3.05) is 27.2 Å². The lowest BCUT2D eigenvalue weighted by Crippen LogP contribution is -2.59. The van der Waals surface area contributed by atoms with E-state index in [-0.39, 0.29) is 29.2 Å². The number of hydrogen-bond donors (Lipinski definition) is 0. The van der Waals surface area contributed by atoms with E-state index in [0.717, 1.165) is 43.3 Å². The van der Waals surface area contributed by atoms with E-state index in [1.165, 1.54) is 6.42 Å². The van der Waals surface area contributed by atoms with E-state index in [9.17, 15) is 4.79 Å². The standard InChI is InChI=1S/C20H34NO3/c1-6-11-21(4,5)12-14-16-8-7-13(2)15-9-10-19(3)18(24-19)20(15,16)23-17(14)22/h13-16,18H,6-12H2,1-5H3/q+1/t13-,14?,15?,16?,18+,19+,20+/m0/s1. The Morgan fingerprint density at radius 3 is 2.67 bits per heavy atom. The second kappa shape index (κ2) is 5.20. The Kier molecular flexibility index (Phi) is 3.65. The minimum atomic E-state index is -0.321. The molecular formula is C20H34NO3+. The largest absolute Gasteiger partial charge is 0.455 e. The van der Waals surface area contributed by atoms with Crippen LogP contribution in [0.5, 0.6) is 0 Å². The molecule has 2 aliphatic carbocycles. The minimum Gasteiger partial charge on any atom is -0.455 e. The van der Waals surface area contributed by atoms with Gasteiger partial charge in [0.05, 0.1) is 32.8 Å². The van der Waals surface area contributed by atoms with Crippen molar-refractivity contribution in [3.8, 4) is 0 Å². The highest BCUT2D eigenvalue weighted by atomic mass is 16.7. The molecule has 0 aromatic rings. The van der Waals surface area contributed by atoms with E-state index in [4.69, 9.17) is 9.47 Å². The summed E-state index contributed by atoms with van der Waals surface area (Å²) < 4.78 is 13.4. The van der Waals surface area contributed by atoms with E-state index < -0.39 is 0 Å². The van der Waals surface area contributed by atoms with Crippen molar-refractivity contribution in [2.45, 2.75) is 70.2 Å². The summed E-state index contributed by atoms with van der Waals surface area (Å²) in [6.45, 7) is 8.81. The van der Waals surface area contributed by atoms with Crippen molar-refractivity contribution in [1.29, 1.82) is 0 Å². The van der Waals surface area contributed by atoms with Gasteiger partial charge in [-0.1, -0.05) is 13.8 Å². The maximum atomic E-state index is 13.0. The number of quaternary nitrogens is 1. The number of ether oxygens (including phenoxy) is 2. The average molecular weight is 336 g/mol. The zero-order chi connectivity index (χ0) is 17.3. The van der Waals surface area contributed by atoms with Crippen molar-refractivity contribution in [1.82, 2.24) is 0 Å². The summed E-state index contributed by atoms with van der Waals surface area (Å²) in [5.74, 6) is 1.59. The normalized spacial score (nSPS) is 49.9. The van der Waals surface area contributed by atoms with Crippen LogP contribution < -0.4 is 0 Å². The van der Waals surface area contributed by atoms with E-state index >= 15 is 0 Å². The van der Waals surface area contributed by atoms with Gasteiger partial charge in [0.15, 0.2) is 0 Å². The molecule has 0 radical (unpaired) electrons. The first-order valence-corrected chi connectivity index (χ1v) is 9.96. The van der Waals surface area contributed by atoms with E-state index in [1.807, 2.05) is 0 Å². The monoisotopic (exact) mass is 336 g/mol. The van der Waals surface area contributed by atoms with Crippen LogP contribution in [0, 0.1) is 23.7 Å². The number of esters is 1. The van der Waals surface area contributed by atoms with Gasteiger partial charge >= 0.3 is 5.97 Å². The Labute approximate surface area is 146 Å². The van der Waals surface area contributed by atoms with Crippen LogP contribution in [0.2, 0.25) is 0 Å². The third-order valence-electron chi connectivity index (χ3n) is 7.61. The van der Waals surface area contributed by atoms with E-state index in [1.54, 1.807) is 0 Å². The van der Waals surface area contributed by atoms with Gasteiger partial charge in [0.25, 0.3) is 0 Å². The highest BCUT2D eigenvalue weighted by Gasteiger charge is 2.77. The average Bonchev–Trinajstić information content (AvgIpc) is 3.11. The summed E-state index contributed by atoms with van der Waals surface area (Å²) in [6.07, 6.45) is 5.92. The molecule has 7 atom stereocenters. The number of nitrogens with zero attached hydrogens (tertiary/aromatic N) is 1. The lowest BCUT2D eigenvalue weighted by Gasteiger charge is -2.50. The maximum Gasteiger partial charge on any atom is 0.315 e. The maximum absolute atomic E-state index is 13.0. The molecule has 0 N–H and O–H groups in total. The zero-order valence-corrected chi connectivity index (χ0v) is 16.0. The van der Waals surface area contributed by atoms with E-state index in [2.05, 4.69) is 34.9 Å². The molecule has 2 heterocycles. The molecule has 4 nitrogen and oxygen atoms in total. The van der Waals surface area contributed by atoms with Crippen LogP contribution in [0.15, 0.2) is 0 Å². The Morgan fingerprint density at radius 2 is 1.96 bits per heavy atom. The van der Waals surface area contributed by atoms with Crippen LogP contribution in [0.25, 0.3) is 0 Å². The number of carbonyl (C=O) groups excluding carboxylic acids is 1. The Balaban J connectivity index is 1.66. The van der Waals surface area contributed by atoms with Gasteiger partial charge in [-0.2, -0.15) is 0 Å². The van der Waals surface area contributed by atoms with Crippen LogP contribution in [0.4, 0.5) is 0 Å². The second-order valence-corrected chi connectivity index (χ2v) is 9.84. The van der Waals surface area contributed by atoms with Gasteiger partial charge in [0, 0.05) is 11.8 Å².